The van der Waals surface area contributed by atoms with E-state index in [4.69, 9.17) is 0 Å². The Kier molecular flexibility index (Phi) is 5.99. The van der Waals surface area contributed by atoms with Crippen molar-refractivity contribution >= 4 is 11.6 Å². The zero-order valence-corrected chi connectivity index (χ0v) is 12.0. The third-order valence-corrected chi connectivity index (χ3v) is 3.57. The molecule has 0 fully saturated rings. The van der Waals surface area contributed by atoms with E-state index < -0.39 is 0 Å². The van der Waals surface area contributed by atoms with Crippen molar-refractivity contribution in [3.05, 3.63) is 29.8 Å². The number of carbonyl (C=O) groups excluding carboxylic acids is 1. The molecule has 3 N–H and O–H groups in total. The molecule has 0 radical (unpaired) electrons. The van der Waals surface area contributed by atoms with Crippen molar-refractivity contribution in [1.29, 1.82) is 0 Å². The van der Waals surface area contributed by atoms with Gasteiger partial charge in [0.1, 0.15) is 0 Å². The van der Waals surface area contributed by atoms with Gasteiger partial charge < -0.3 is 15.7 Å². The number of aliphatic hydroxyl groups is 1. The van der Waals surface area contributed by atoms with Crippen molar-refractivity contribution in [3.63, 3.8) is 0 Å². The van der Waals surface area contributed by atoms with Gasteiger partial charge in [-0.15, -0.1) is 0 Å². The first-order valence-corrected chi connectivity index (χ1v) is 6.77. The van der Waals surface area contributed by atoms with E-state index in [0.29, 0.717) is 6.54 Å². The molecule has 0 bridgehead atoms. The Labute approximate surface area is 115 Å². The molecule has 4 heteroatoms. The number of rotatable bonds is 7. The fourth-order valence-electron chi connectivity index (χ4n) is 2.03. The van der Waals surface area contributed by atoms with E-state index >= 15 is 0 Å². The Morgan fingerprint density at radius 3 is 2.53 bits per heavy atom. The predicted octanol–water partition coefficient (Wildman–Crippen LogP) is 2.29. The summed E-state index contributed by atoms with van der Waals surface area (Å²) < 4.78 is 0. The minimum Gasteiger partial charge on any atom is -0.394 e. The second kappa shape index (κ2) is 7.26. The highest BCUT2D eigenvalue weighted by atomic mass is 16.3. The lowest BCUT2D eigenvalue weighted by Crippen LogP contribution is -2.47. The zero-order valence-electron chi connectivity index (χ0n) is 12.0. The molecule has 1 aromatic carbocycles. The van der Waals surface area contributed by atoms with Crippen LogP contribution >= 0.6 is 0 Å². The lowest BCUT2D eigenvalue weighted by molar-refractivity contribution is -0.114. The highest BCUT2D eigenvalue weighted by Crippen LogP contribution is 2.16. The van der Waals surface area contributed by atoms with Crippen LogP contribution in [0.15, 0.2) is 24.3 Å². The highest BCUT2D eigenvalue weighted by molar-refractivity contribution is 5.88. The molecule has 0 spiro atoms. The van der Waals surface area contributed by atoms with Crippen LogP contribution in [-0.2, 0) is 11.3 Å². The van der Waals surface area contributed by atoms with Gasteiger partial charge in [-0.1, -0.05) is 26.0 Å². The summed E-state index contributed by atoms with van der Waals surface area (Å²) in [5.74, 6) is -0.0723. The summed E-state index contributed by atoms with van der Waals surface area (Å²) in [5, 5.41) is 15.7. The van der Waals surface area contributed by atoms with E-state index in [1.807, 2.05) is 24.3 Å². The second-order valence-corrected chi connectivity index (χ2v) is 4.88. The summed E-state index contributed by atoms with van der Waals surface area (Å²) in [4.78, 5) is 11.0. The van der Waals surface area contributed by atoms with Crippen molar-refractivity contribution in [2.24, 2.45) is 0 Å². The fourth-order valence-corrected chi connectivity index (χ4v) is 2.03. The van der Waals surface area contributed by atoms with Crippen LogP contribution in [0.5, 0.6) is 0 Å². The van der Waals surface area contributed by atoms with E-state index in [1.54, 1.807) is 0 Å². The number of anilines is 1. The Hall–Kier alpha value is -1.39. The molecule has 0 aromatic heterocycles. The van der Waals surface area contributed by atoms with Gasteiger partial charge in [0.05, 0.1) is 6.61 Å². The van der Waals surface area contributed by atoms with Crippen LogP contribution in [0.4, 0.5) is 5.69 Å². The number of aliphatic hydroxyl groups excluding tert-OH is 1. The van der Waals surface area contributed by atoms with Gasteiger partial charge in [0.15, 0.2) is 0 Å². The van der Waals surface area contributed by atoms with Gasteiger partial charge in [0.25, 0.3) is 0 Å². The number of hydrogen-bond acceptors (Lipinski definition) is 3. The standard InChI is InChI=1S/C15H24N2O2/c1-4-15(5-2,11-18)16-10-13-7-6-8-14(9-13)17-12(3)19/h6-9,16,18H,4-5,10-11H2,1-3H3,(H,17,19). The Morgan fingerprint density at radius 1 is 1.32 bits per heavy atom. The minimum absolute atomic E-state index is 0.0723. The van der Waals surface area contributed by atoms with Gasteiger partial charge in [0, 0.05) is 24.7 Å². The fraction of sp³-hybridized carbons (Fsp3) is 0.533. The average Bonchev–Trinajstić information content (AvgIpc) is 2.41. The Morgan fingerprint density at radius 2 is 2.00 bits per heavy atom. The molecule has 0 saturated carbocycles. The van der Waals surface area contributed by atoms with E-state index in [1.165, 1.54) is 6.92 Å². The first-order valence-electron chi connectivity index (χ1n) is 6.77. The maximum atomic E-state index is 11.0. The first-order chi connectivity index (χ1) is 9.05. The van der Waals surface area contributed by atoms with Gasteiger partial charge in [-0.2, -0.15) is 0 Å². The molecular weight excluding hydrogens is 240 g/mol. The zero-order chi connectivity index (χ0) is 14.3. The van der Waals surface area contributed by atoms with Crippen LogP contribution in [0.3, 0.4) is 0 Å². The largest absolute Gasteiger partial charge is 0.394 e. The first kappa shape index (κ1) is 15.7. The molecule has 0 heterocycles. The number of carbonyl (C=O) groups is 1. The van der Waals surface area contributed by atoms with Crippen molar-refractivity contribution in [2.75, 3.05) is 11.9 Å². The number of amides is 1. The number of nitrogens with one attached hydrogen (secondary N) is 2. The molecule has 0 aliphatic heterocycles. The van der Waals surface area contributed by atoms with Crippen molar-refractivity contribution < 1.29 is 9.90 Å². The molecular formula is C15H24N2O2. The lowest BCUT2D eigenvalue weighted by atomic mass is 9.93. The summed E-state index contributed by atoms with van der Waals surface area (Å²) in [5.41, 5.74) is 1.67. The smallest absolute Gasteiger partial charge is 0.221 e. The third kappa shape index (κ3) is 4.65. The van der Waals surface area contributed by atoms with Crippen molar-refractivity contribution in [3.8, 4) is 0 Å². The summed E-state index contributed by atoms with van der Waals surface area (Å²) in [7, 11) is 0. The summed E-state index contributed by atoms with van der Waals surface area (Å²) in [6.45, 7) is 6.44. The third-order valence-electron chi connectivity index (χ3n) is 3.57. The molecule has 106 valence electrons. The summed E-state index contributed by atoms with van der Waals surface area (Å²) in [6.07, 6.45) is 1.76. The van der Waals surface area contributed by atoms with E-state index in [-0.39, 0.29) is 18.1 Å². The molecule has 0 aliphatic rings. The van der Waals surface area contributed by atoms with Gasteiger partial charge in [-0.25, -0.2) is 0 Å². The molecule has 0 unspecified atom stereocenters. The summed E-state index contributed by atoms with van der Waals surface area (Å²) >= 11 is 0. The second-order valence-electron chi connectivity index (χ2n) is 4.88. The van der Waals surface area contributed by atoms with Crippen LogP contribution in [0.1, 0.15) is 39.2 Å². The molecule has 1 rings (SSSR count). The van der Waals surface area contributed by atoms with Gasteiger partial charge in [-0.05, 0) is 30.5 Å². The molecule has 1 aromatic rings. The van der Waals surface area contributed by atoms with E-state index in [2.05, 4.69) is 24.5 Å². The molecule has 1 amide bonds. The highest BCUT2D eigenvalue weighted by Gasteiger charge is 2.23. The van der Waals surface area contributed by atoms with E-state index in [9.17, 15) is 9.90 Å². The number of benzene rings is 1. The molecule has 0 atom stereocenters. The Bertz CT molecular complexity index is 406. The molecule has 0 aliphatic carbocycles. The van der Waals surface area contributed by atoms with E-state index in [0.717, 1.165) is 24.1 Å². The molecule has 0 saturated heterocycles. The number of hydrogen-bond donors (Lipinski definition) is 3. The van der Waals surface area contributed by atoms with Gasteiger partial charge in [-0.3, -0.25) is 4.79 Å². The van der Waals surface area contributed by atoms with Gasteiger partial charge in [0.2, 0.25) is 5.91 Å². The Balaban J connectivity index is 2.69. The normalized spacial score (nSPS) is 11.4. The average molecular weight is 264 g/mol. The maximum absolute atomic E-state index is 11.0. The predicted molar refractivity (Wildman–Crippen MR) is 78.0 cm³/mol. The molecule has 4 nitrogen and oxygen atoms in total. The topological polar surface area (TPSA) is 61.4 Å². The molecule has 19 heavy (non-hydrogen) atoms. The van der Waals surface area contributed by atoms with Crippen molar-refractivity contribution in [2.45, 2.75) is 45.7 Å². The maximum Gasteiger partial charge on any atom is 0.221 e. The van der Waals surface area contributed by atoms with Crippen LogP contribution < -0.4 is 10.6 Å². The van der Waals surface area contributed by atoms with Crippen LogP contribution in [-0.4, -0.2) is 23.2 Å². The van der Waals surface area contributed by atoms with Crippen molar-refractivity contribution in [1.82, 2.24) is 5.32 Å². The SMILES string of the molecule is CCC(CC)(CO)NCc1cccc(NC(C)=O)c1. The van der Waals surface area contributed by atoms with Crippen LogP contribution in [0.2, 0.25) is 0 Å². The quantitative estimate of drug-likeness (QED) is 0.708. The van der Waals surface area contributed by atoms with Crippen LogP contribution in [0.25, 0.3) is 0 Å². The van der Waals surface area contributed by atoms with Crippen LogP contribution in [0, 0.1) is 0 Å². The lowest BCUT2D eigenvalue weighted by Gasteiger charge is -2.31. The van der Waals surface area contributed by atoms with Gasteiger partial charge >= 0.3 is 0 Å². The summed E-state index contributed by atoms with van der Waals surface area (Å²) in [6, 6.07) is 7.73. The minimum atomic E-state index is -0.218. The monoisotopic (exact) mass is 264 g/mol.